The van der Waals surface area contributed by atoms with E-state index in [-0.39, 0.29) is 4.90 Å². The molecule has 0 radical (unpaired) electrons. The van der Waals surface area contributed by atoms with Crippen LogP contribution >= 0.6 is 27.5 Å². The van der Waals surface area contributed by atoms with Crippen LogP contribution in [0.3, 0.4) is 0 Å². The van der Waals surface area contributed by atoms with E-state index in [1.165, 1.54) is 12.1 Å². The van der Waals surface area contributed by atoms with Crippen molar-refractivity contribution in [3.05, 3.63) is 57.0 Å². The van der Waals surface area contributed by atoms with Crippen LogP contribution in [-0.4, -0.2) is 8.42 Å². The summed E-state index contributed by atoms with van der Waals surface area (Å²) in [6, 6.07) is 9.94. The molecule has 6 heteroatoms. The van der Waals surface area contributed by atoms with Gasteiger partial charge < -0.3 is 0 Å². The zero-order chi connectivity index (χ0) is 14.9. The average Bonchev–Trinajstić information content (AvgIpc) is 2.37. The first-order chi connectivity index (χ1) is 9.29. The zero-order valence-corrected chi connectivity index (χ0v) is 14.1. The Morgan fingerprint density at radius 1 is 1.05 bits per heavy atom. The highest BCUT2D eigenvalue weighted by molar-refractivity contribution is 9.10. The second-order valence-electron chi connectivity index (χ2n) is 4.48. The van der Waals surface area contributed by atoms with Crippen LogP contribution in [0.15, 0.2) is 45.8 Å². The molecule has 2 aromatic rings. The topological polar surface area (TPSA) is 46.2 Å². The number of nitrogens with one attached hydrogen (secondary N) is 1. The molecule has 2 aromatic carbocycles. The van der Waals surface area contributed by atoms with Crippen LogP contribution in [-0.2, 0) is 10.0 Å². The van der Waals surface area contributed by atoms with E-state index in [1.54, 1.807) is 18.2 Å². The van der Waals surface area contributed by atoms with Gasteiger partial charge in [0.25, 0.3) is 10.0 Å². The fourth-order valence-electron chi connectivity index (χ4n) is 1.61. The Bertz CT molecular complexity index is 760. The van der Waals surface area contributed by atoms with Crippen LogP contribution in [0.1, 0.15) is 11.1 Å². The minimum atomic E-state index is -3.64. The van der Waals surface area contributed by atoms with Crippen LogP contribution in [0.25, 0.3) is 0 Å². The molecule has 0 heterocycles. The highest BCUT2D eigenvalue weighted by Crippen LogP contribution is 2.25. The van der Waals surface area contributed by atoms with E-state index < -0.39 is 10.0 Å². The fraction of sp³-hybridized carbons (Fsp3) is 0.143. The summed E-state index contributed by atoms with van der Waals surface area (Å²) in [6.45, 7) is 3.76. The van der Waals surface area contributed by atoms with Gasteiger partial charge in [0.1, 0.15) is 0 Å². The molecule has 20 heavy (non-hydrogen) atoms. The van der Waals surface area contributed by atoms with Gasteiger partial charge in [-0.2, -0.15) is 0 Å². The van der Waals surface area contributed by atoms with Crippen LogP contribution in [0.5, 0.6) is 0 Å². The molecule has 0 spiro atoms. The Hall–Kier alpha value is -1.04. The van der Waals surface area contributed by atoms with Crippen LogP contribution in [0.2, 0.25) is 5.02 Å². The van der Waals surface area contributed by atoms with Crippen molar-refractivity contribution in [1.82, 2.24) is 0 Å². The lowest BCUT2D eigenvalue weighted by molar-refractivity contribution is 0.601. The molecule has 0 unspecified atom stereocenters. The molecule has 0 aliphatic rings. The Morgan fingerprint density at radius 2 is 1.70 bits per heavy atom. The van der Waals surface area contributed by atoms with Crippen molar-refractivity contribution in [2.45, 2.75) is 18.7 Å². The first-order valence-corrected chi connectivity index (χ1v) is 8.50. The van der Waals surface area contributed by atoms with E-state index >= 15 is 0 Å². The molecule has 0 amide bonds. The number of benzene rings is 2. The first kappa shape index (κ1) is 15.4. The molecule has 3 nitrogen and oxygen atoms in total. The van der Waals surface area contributed by atoms with E-state index in [2.05, 4.69) is 20.7 Å². The van der Waals surface area contributed by atoms with Gasteiger partial charge >= 0.3 is 0 Å². The molecule has 106 valence electrons. The lowest BCUT2D eigenvalue weighted by Crippen LogP contribution is -2.13. The Balaban J connectivity index is 2.35. The summed E-state index contributed by atoms with van der Waals surface area (Å²) < 4.78 is 27.9. The normalized spacial score (nSPS) is 11.4. The maximum absolute atomic E-state index is 12.3. The van der Waals surface area contributed by atoms with Crippen LogP contribution in [0.4, 0.5) is 5.69 Å². The highest BCUT2D eigenvalue weighted by atomic mass is 79.9. The van der Waals surface area contributed by atoms with Gasteiger partial charge in [0.15, 0.2) is 0 Å². The van der Waals surface area contributed by atoms with Crippen molar-refractivity contribution in [1.29, 1.82) is 0 Å². The summed E-state index contributed by atoms with van der Waals surface area (Å²) in [5.74, 6) is 0. The number of aryl methyl sites for hydroxylation is 2. The molecule has 2 rings (SSSR count). The standard InChI is InChI=1S/C14H13BrClNO2S/c1-9-3-5-11(7-13(9)15)17-20(18,19)12-6-4-10(2)14(16)8-12/h3-8,17H,1-2H3. The van der Waals surface area contributed by atoms with E-state index in [0.29, 0.717) is 10.7 Å². The third-order valence-electron chi connectivity index (χ3n) is 2.88. The minimum absolute atomic E-state index is 0.143. The molecule has 0 aliphatic carbocycles. The van der Waals surface area contributed by atoms with Gasteiger partial charge in [0.05, 0.1) is 4.90 Å². The number of anilines is 1. The Labute approximate surface area is 132 Å². The van der Waals surface area contributed by atoms with Gasteiger partial charge in [-0.3, -0.25) is 4.72 Å². The van der Waals surface area contributed by atoms with E-state index in [1.807, 2.05) is 19.9 Å². The molecular formula is C14H13BrClNO2S. The quantitative estimate of drug-likeness (QED) is 0.858. The molecule has 0 bridgehead atoms. The molecule has 0 saturated heterocycles. The first-order valence-electron chi connectivity index (χ1n) is 5.85. The van der Waals surface area contributed by atoms with Gasteiger partial charge in [-0.25, -0.2) is 8.42 Å². The van der Waals surface area contributed by atoms with Crippen molar-refractivity contribution >= 4 is 43.2 Å². The van der Waals surface area contributed by atoms with E-state index in [0.717, 1.165) is 15.6 Å². The molecule has 0 fully saturated rings. The number of halogens is 2. The lowest BCUT2D eigenvalue weighted by Gasteiger charge is -2.10. The van der Waals surface area contributed by atoms with Crippen LogP contribution < -0.4 is 4.72 Å². The minimum Gasteiger partial charge on any atom is -0.280 e. The zero-order valence-electron chi connectivity index (χ0n) is 10.9. The van der Waals surface area contributed by atoms with Gasteiger partial charge in [0, 0.05) is 15.2 Å². The Kier molecular flexibility index (Phi) is 4.42. The third kappa shape index (κ3) is 3.34. The fourth-order valence-corrected chi connectivity index (χ4v) is 3.31. The SMILES string of the molecule is Cc1ccc(S(=O)(=O)Nc2ccc(C)c(Br)c2)cc1Cl. The average molecular weight is 375 g/mol. The van der Waals surface area contributed by atoms with Gasteiger partial charge in [-0.05, 0) is 49.2 Å². The number of rotatable bonds is 3. The summed E-state index contributed by atoms with van der Waals surface area (Å²) in [7, 11) is -3.64. The molecular weight excluding hydrogens is 362 g/mol. The smallest absolute Gasteiger partial charge is 0.261 e. The summed E-state index contributed by atoms with van der Waals surface area (Å²) in [6.07, 6.45) is 0. The Morgan fingerprint density at radius 3 is 2.30 bits per heavy atom. The molecule has 0 atom stereocenters. The van der Waals surface area contributed by atoms with Gasteiger partial charge in [-0.1, -0.05) is 39.7 Å². The third-order valence-corrected chi connectivity index (χ3v) is 5.52. The number of sulfonamides is 1. The maximum atomic E-state index is 12.3. The van der Waals surface area contributed by atoms with Gasteiger partial charge in [0.2, 0.25) is 0 Å². The van der Waals surface area contributed by atoms with Crippen molar-refractivity contribution in [3.63, 3.8) is 0 Å². The second-order valence-corrected chi connectivity index (χ2v) is 7.42. The van der Waals surface area contributed by atoms with E-state index in [4.69, 9.17) is 11.6 Å². The van der Waals surface area contributed by atoms with Crippen LogP contribution in [0, 0.1) is 13.8 Å². The van der Waals surface area contributed by atoms with Crippen molar-refractivity contribution < 1.29 is 8.42 Å². The predicted molar refractivity (Wildman–Crippen MR) is 85.9 cm³/mol. The molecule has 0 aliphatic heterocycles. The maximum Gasteiger partial charge on any atom is 0.261 e. The van der Waals surface area contributed by atoms with E-state index in [9.17, 15) is 8.42 Å². The molecule has 0 aromatic heterocycles. The second kappa shape index (κ2) is 5.76. The monoisotopic (exact) mass is 373 g/mol. The summed E-state index contributed by atoms with van der Waals surface area (Å²) >= 11 is 9.34. The molecule has 0 saturated carbocycles. The largest absolute Gasteiger partial charge is 0.280 e. The summed E-state index contributed by atoms with van der Waals surface area (Å²) in [5.41, 5.74) is 2.37. The lowest BCUT2D eigenvalue weighted by atomic mass is 10.2. The highest BCUT2D eigenvalue weighted by Gasteiger charge is 2.15. The summed E-state index contributed by atoms with van der Waals surface area (Å²) in [4.78, 5) is 0.143. The van der Waals surface area contributed by atoms with Crippen molar-refractivity contribution in [2.24, 2.45) is 0 Å². The van der Waals surface area contributed by atoms with Gasteiger partial charge in [-0.15, -0.1) is 0 Å². The van der Waals surface area contributed by atoms with Crippen molar-refractivity contribution in [3.8, 4) is 0 Å². The number of hydrogen-bond donors (Lipinski definition) is 1. The number of hydrogen-bond acceptors (Lipinski definition) is 2. The predicted octanol–water partition coefficient (Wildman–Crippen LogP) is 4.52. The van der Waals surface area contributed by atoms with Crippen molar-refractivity contribution in [2.75, 3.05) is 4.72 Å². The molecule has 1 N–H and O–H groups in total. The summed E-state index contributed by atoms with van der Waals surface area (Å²) in [5, 5.41) is 0.429.